The van der Waals surface area contributed by atoms with Crippen molar-refractivity contribution in [3.05, 3.63) is 92.8 Å². The molecule has 4 rings (SSSR count). The van der Waals surface area contributed by atoms with Crippen LogP contribution in [0.3, 0.4) is 0 Å². The van der Waals surface area contributed by atoms with Crippen molar-refractivity contribution in [1.29, 1.82) is 0 Å². The van der Waals surface area contributed by atoms with Gasteiger partial charge >= 0.3 is 5.97 Å². The monoisotopic (exact) mass is 526 g/mol. The highest BCUT2D eigenvalue weighted by molar-refractivity contribution is 6.35. The Morgan fingerprint density at radius 2 is 1.61 bits per heavy atom. The van der Waals surface area contributed by atoms with Gasteiger partial charge in [-0.1, -0.05) is 56.1 Å². The minimum atomic E-state index is -0.952. The Hall–Kier alpha value is -3.48. The lowest BCUT2D eigenvalue weighted by Crippen LogP contribution is -2.28. The molecule has 0 spiro atoms. The molecule has 1 unspecified atom stereocenters. The van der Waals surface area contributed by atoms with Crippen LogP contribution in [0.15, 0.2) is 76.1 Å². The zero-order valence-corrected chi connectivity index (χ0v) is 21.6. The molecule has 36 heavy (non-hydrogen) atoms. The summed E-state index contributed by atoms with van der Waals surface area (Å²) in [6.45, 7) is 7.89. The van der Waals surface area contributed by atoms with Crippen molar-refractivity contribution in [1.82, 2.24) is 0 Å². The van der Waals surface area contributed by atoms with Gasteiger partial charge in [0.05, 0.1) is 10.4 Å². The smallest absolute Gasteiger partial charge is 0.352 e. The van der Waals surface area contributed by atoms with Crippen LogP contribution in [0.4, 0.5) is 0 Å². The highest BCUT2D eigenvalue weighted by atomic mass is 35.5. The van der Waals surface area contributed by atoms with Crippen molar-refractivity contribution in [2.45, 2.75) is 39.2 Å². The number of benzene rings is 3. The van der Waals surface area contributed by atoms with Gasteiger partial charge in [-0.05, 0) is 60.4 Å². The Morgan fingerprint density at radius 1 is 0.917 bits per heavy atom. The maximum atomic E-state index is 12.9. The molecule has 8 heteroatoms. The van der Waals surface area contributed by atoms with E-state index < -0.39 is 12.1 Å². The molecule has 0 aliphatic carbocycles. The summed E-state index contributed by atoms with van der Waals surface area (Å²) in [6.07, 6.45) is 0.286. The number of rotatable bonds is 6. The molecule has 1 aromatic heterocycles. The van der Waals surface area contributed by atoms with Gasteiger partial charge < -0.3 is 18.6 Å². The van der Waals surface area contributed by atoms with E-state index in [1.807, 2.05) is 24.3 Å². The minimum absolute atomic E-state index is 0.00841. The van der Waals surface area contributed by atoms with Gasteiger partial charge in [-0.15, -0.1) is 0 Å². The van der Waals surface area contributed by atoms with Gasteiger partial charge in [-0.25, -0.2) is 4.79 Å². The third-order valence-corrected chi connectivity index (χ3v) is 5.94. The Kier molecular flexibility index (Phi) is 7.29. The normalized spacial score (nSPS) is 12.3. The van der Waals surface area contributed by atoms with Crippen LogP contribution in [0.25, 0.3) is 11.0 Å². The molecule has 0 bridgehead atoms. The quantitative estimate of drug-likeness (QED) is 0.190. The van der Waals surface area contributed by atoms with Gasteiger partial charge in [0.1, 0.15) is 29.1 Å². The van der Waals surface area contributed by atoms with E-state index in [1.165, 1.54) is 37.5 Å². The van der Waals surface area contributed by atoms with E-state index in [9.17, 15) is 9.59 Å². The van der Waals surface area contributed by atoms with Crippen molar-refractivity contribution in [2.75, 3.05) is 0 Å². The average Bonchev–Trinajstić information content (AvgIpc) is 2.82. The molecule has 0 N–H and O–H groups in total. The standard InChI is InChI=1S/C28H24Cl2O6/c1-16(34-23-12-7-18(29)13-22(23)30)27(32)36-20-10-11-21-24(14-20)33-15-25(26(21)31)35-19-8-5-17(6-9-19)28(2,3)4/h5-16H,1-4H3. The van der Waals surface area contributed by atoms with Crippen molar-refractivity contribution < 1.29 is 23.4 Å². The number of esters is 1. The van der Waals surface area contributed by atoms with Gasteiger partial charge in [-0.2, -0.15) is 0 Å². The molecule has 0 aliphatic heterocycles. The van der Waals surface area contributed by atoms with Crippen LogP contribution in [0.1, 0.15) is 33.3 Å². The van der Waals surface area contributed by atoms with Crippen LogP contribution in [-0.4, -0.2) is 12.1 Å². The molecule has 3 aromatic carbocycles. The Bertz CT molecular complexity index is 1470. The third-order valence-electron chi connectivity index (χ3n) is 5.41. The second-order valence-electron chi connectivity index (χ2n) is 9.22. The minimum Gasteiger partial charge on any atom is -0.477 e. The van der Waals surface area contributed by atoms with Crippen LogP contribution in [0.2, 0.25) is 10.0 Å². The fourth-order valence-electron chi connectivity index (χ4n) is 3.38. The van der Waals surface area contributed by atoms with Gasteiger partial charge in [-0.3, -0.25) is 4.79 Å². The third kappa shape index (κ3) is 5.83. The number of hydrogen-bond acceptors (Lipinski definition) is 6. The number of fused-ring (bicyclic) bond motifs is 1. The maximum absolute atomic E-state index is 12.9. The van der Waals surface area contributed by atoms with E-state index in [-0.39, 0.29) is 38.3 Å². The number of halogens is 2. The number of hydrogen-bond donors (Lipinski definition) is 0. The van der Waals surface area contributed by atoms with Crippen LogP contribution >= 0.6 is 23.2 Å². The highest BCUT2D eigenvalue weighted by Crippen LogP contribution is 2.30. The summed E-state index contributed by atoms with van der Waals surface area (Å²) >= 11 is 12.0. The molecule has 6 nitrogen and oxygen atoms in total. The van der Waals surface area contributed by atoms with Crippen LogP contribution in [-0.2, 0) is 10.2 Å². The SMILES string of the molecule is CC(Oc1ccc(Cl)cc1Cl)C(=O)Oc1ccc2c(=O)c(Oc3ccc(C(C)(C)C)cc3)coc2c1. The summed E-state index contributed by atoms with van der Waals surface area (Å²) in [6, 6.07) is 16.7. The first-order valence-corrected chi connectivity index (χ1v) is 11.9. The van der Waals surface area contributed by atoms with E-state index in [1.54, 1.807) is 12.1 Å². The largest absolute Gasteiger partial charge is 0.477 e. The fraction of sp³-hybridized carbons (Fsp3) is 0.214. The summed E-state index contributed by atoms with van der Waals surface area (Å²) in [5.74, 6) is 0.421. The first kappa shape index (κ1) is 25.6. The number of carbonyl (C=O) groups is 1. The Labute approximate surface area is 218 Å². The van der Waals surface area contributed by atoms with Crippen molar-refractivity contribution in [3.8, 4) is 23.0 Å². The zero-order chi connectivity index (χ0) is 26.0. The Morgan fingerprint density at radius 3 is 2.28 bits per heavy atom. The molecule has 186 valence electrons. The van der Waals surface area contributed by atoms with E-state index in [0.29, 0.717) is 16.5 Å². The summed E-state index contributed by atoms with van der Waals surface area (Å²) < 4.78 is 22.3. The number of carbonyl (C=O) groups excluding carboxylic acids is 1. The predicted molar refractivity (Wildman–Crippen MR) is 140 cm³/mol. The zero-order valence-electron chi connectivity index (χ0n) is 20.1. The molecule has 0 saturated carbocycles. The lowest BCUT2D eigenvalue weighted by Gasteiger charge is -2.19. The molecule has 0 saturated heterocycles. The molecular formula is C28H24Cl2O6. The molecular weight excluding hydrogens is 503 g/mol. The molecule has 1 heterocycles. The summed E-state index contributed by atoms with van der Waals surface area (Å²) in [4.78, 5) is 25.4. The number of ether oxygens (including phenoxy) is 3. The first-order valence-electron chi connectivity index (χ1n) is 11.2. The first-order chi connectivity index (χ1) is 17.0. The van der Waals surface area contributed by atoms with Crippen molar-refractivity contribution in [2.24, 2.45) is 0 Å². The van der Waals surface area contributed by atoms with Gasteiger partial charge in [0.2, 0.25) is 11.2 Å². The molecule has 0 amide bonds. The van der Waals surface area contributed by atoms with E-state index >= 15 is 0 Å². The summed E-state index contributed by atoms with van der Waals surface area (Å²) in [5.41, 5.74) is 1.06. The van der Waals surface area contributed by atoms with E-state index in [4.69, 9.17) is 41.8 Å². The van der Waals surface area contributed by atoms with E-state index in [2.05, 4.69) is 20.8 Å². The van der Waals surface area contributed by atoms with Crippen molar-refractivity contribution >= 4 is 40.1 Å². The fourth-order valence-corrected chi connectivity index (χ4v) is 3.84. The van der Waals surface area contributed by atoms with Crippen molar-refractivity contribution in [3.63, 3.8) is 0 Å². The molecule has 0 fully saturated rings. The lowest BCUT2D eigenvalue weighted by molar-refractivity contribution is -0.141. The van der Waals surface area contributed by atoms with Crippen LogP contribution in [0.5, 0.6) is 23.0 Å². The lowest BCUT2D eigenvalue weighted by atomic mass is 9.87. The topological polar surface area (TPSA) is 75.0 Å². The van der Waals surface area contributed by atoms with E-state index in [0.717, 1.165) is 5.56 Å². The summed E-state index contributed by atoms with van der Waals surface area (Å²) in [5, 5.41) is 1.01. The molecule has 1 atom stereocenters. The van der Waals surface area contributed by atoms with Gasteiger partial charge in [0, 0.05) is 11.1 Å². The van der Waals surface area contributed by atoms with Gasteiger partial charge in [0.15, 0.2) is 6.10 Å². The second-order valence-corrected chi connectivity index (χ2v) is 10.1. The van der Waals surface area contributed by atoms with Crippen LogP contribution < -0.4 is 19.6 Å². The molecule has 4 aromatic rings. The molecule has 0 radical (unpaired) electrons. The van der Waals surface area contributed by atoms with Gasteiger partial charge in [0.25, 0.3) is 0 Å². The maximum Gasteiger partial charge on any atom is 0.352 e. The highest BCUT2D eigenvalue weighted by Gasteiger charge is 2.20. The summed E-state index contributed by atoms with van der Waals surface area (Å²) in [7, 11) is 0. The predicted octanol–water partition coefficient (Wildman–Crippen LogP) is 7.56. The molecule has 0 aliphatic rings. The average molecular weight is 527 g/mol. The second kappa shape index (κ2) is 10.2. The van der Waals surface area contributed by atoms with Crippen LogP contribution in [0, 0.1) is 0 Å². The Balaban J connectivity index is 1.47.